The average Bonchev–Trinajstić information content (AvgIpc) is 3.14. The van der Waals surface area contributed by atoms with E-state index in [0.717, 1.165) is 19.3 Å². The average molecular weight is 535 g/mol. The lowest BCUT2D eigenvalue weighted by atomic mass is 9.96. The van der Waals surface area contributed by atoms with Crippen molar-refractivity contribution in [1.82, 2.24) is 15.5 Å². The largest absolute Gasteiger partial charge is 0.365 e. The zero-order valence-corrected chi connectivity index (χ0v) is 20.0. The van der Waals surface area contributed by atoms with Crippen LogP contribution in [0.4, 0.5) is 14.5 Å². The Hall–Kier alpha value is -1.65. The fraction of sp³-hybridized carbons (Fsp3) is 0.619. The molecule has 0 bridgehead atoms. The number of halogens is 3. The third-order valence-electron chi connectivity index (χ3n) is 5.60. The van der Waals surface area contributed by atoms with Crippen LogP contribution in [0.15, 0.2) is 23.2 Å². The second kappa shape index (κ2) is 11.7. The Morgan fingerprint density at radius 1 is 1.10 bits per heavy atom. The molecule has 3 rings (SSSR count). The fourth-order valence-corrected chi connectivity index (χ4v) is 3.93. The number of amides is 1. The highest BCUT2D eigenvalue weighted by molar-refractivity contribution is 14.0. The fourth-order valence-electron chi connectivity index (χ4n) is 3.93. The van der Waals surface area contributed by atoms with Crippen LogP contribution in [-0.2, 0) is 4.79 Å². The van der Waals surface area contributed by atoms with Gasteiger partial charge in [-0.2, -0.15) is 0 Å². The quantitative estimate of drug-likeness (QED) is 0.346. The van der Waals surface area contributed by atoms with Crippen LogP contribution in [0.3, 0.4) is 0 Å². The molecule has 1 saturated carbocycles. The number of carbonyl (C=O) groups is 1. The van der Waals surface area contributed by atoms with Crippen molar-refractivity contribution in [3.05, 3.63) is 29.8 Å². The van der Waals surface area contributed by atoms with E-state index in [1.807, 2.05) is 0 Å². The van der Waals surface area contributed by atoms with E-state index in [2.05, 4.69) is 15.6 Å². The van der Waals surface area contributed by atoms with E-state index in [0.29, 0.717) is 25.1 Å². The molecule has 1 atom stereocenters. The van der Waals surface area contributed by atoms with E-state index in [9.17, 15) is 13.6 Å². The lowest BCUT2D eigenvalue weighted by Gasteiger charge is -2.27. The number of hydrogen-bond donors (Lipinski definition) is 2. The predicted octanol–water partition coefficient (Wildman–Crippen LogP) is 3.12. The van der Waals surface area contributed by atoms with Crippen LogP contribution in [0.5, 0.6) is 0 Å². The Bertz CT molecular complexity index is 720. The topological polar surface area (TPSA) is 60.0 Å². The number of hydrogen-bond acceptors (Lipinski definition) is 3. The molecule has 1 aromatic carbocycles. The third-order valence-corrected chi connectivity index (χ3v) is 5.60. The van der Waals surface area contributed by atoms with Gasteiger partial charge in [-0.3, -0.25) is 4.79 Å². The minimum Gasteiger partial charge on any atom is -0.365 e. The molecule has 168 valence electrons. The standard InChI is InChI=1S/C21H31F2N5O.HI/c1-27(2)19(29)13-24-21(25-15-7-4-3-5-8-15)26-16-11-12-28(14-16)20-17(22)9-6-10-18(20)23;/h6,9-10,15-16H,3-5,7-8,11-14H2,1-2H3,(H2,24,25,26);1H. The molecule has 1 aromatic rings. The molecule has 6 nitrogen and oxygen atoms in total. The highest BCUT2D eigenvalue weighted by Gasteiger charge is 2.28. The van der Waals surface area contributed by atoms with Gasteiger partial charge in [0.25, 0.3) is 0 Å². The van der Waals surface area contributed by atoms with Crippen molar-refractivity contribution in [2.45, 2.75) is 50.6 Å². The zero-order valence-electron chi connectivity index (χ0n) is 17.7. The van der Waals surface area contributed by atoms with Crippen molar-refractivity contribution < 1.29 is 13.6 Å². The first-order valence-corrected chi connectivity index (χ1v) is 10.4. The summed E-state index contributed by atoms with van der Waals surface area (Å²) in [5, 5.41) is 6.83. The number of anilines is 1. The van der Waals surface area contributed by atoms with Gasteiger partial charge in [0.1, 0.15) is 23.9 Å². The minimum atomic E-state index is -0.545. The number of nitrogens with one attached hydrogen (secondary N) is 2. The maximum absolute atomic E-state index is 14.1. The number of para-hydroxylation sites is 1. The van der Waals surface area contributed by atoms with Crippen LogP contribution < -0.4 is 15.5 Å². The van der Waals surface area contributed by atoms with Gasteiger partial charge >= 0.3 is 0 Å². The molecule has 1 aliphatic carbocycles. The van der Waals surface area contributed by atoms with Gasteiger partial charge in [0.05, 0.1) is 0 Å². The summed E-state index contributed by atoms with van der Waals surface area (Å²) < 4.78 is 28.2. The second-order valence-corrected chi connectivity index (χ2v) is 8.08. The highest BCUT2D eigenvalue weighted by atomic mass is 127. The van der Waals surface area contributed by atoms with E-state index < -0.39 is 11.6 Å². The highest BCUT2D eigenvalue weighted by Crippen LogP contribution is 2.26. The first-order chi connectivity index (χ1) is 13.9. The van der Waals surface area contributed by atoms with Gasteiger partial charge in [-0.25, -0.2) is 13.8 Å². The maximum Gasteiger partial charge on any atom is 0.243 e. The summed E-state index contributed by atoms with van der Waals surface area (Å²) in [5.74, 6) is -0.558. The van der Waals surface area contributed by atoms with Gasteiger partial charge in [0, 0.05) is 39.3 Å². The predicted molar refractivity (Wildman–Crippen MR) is 127 cm³/mol. The third kappa shape index (κ3) is 6.68. The van der Waals surface area contributed by atoms with Crippen LogP contribution in [0.2, 0.25) is 0 Å². The molecule has 1 amide bonds. The molecule has 1 aliphatic heterocycles. The molecule has 0 radical (unpaired) electrons. The van der Waals surface area contributed by atoms with Crippen molar-refractivity contribution >= 4 is 41.5 Å². The number of benzene rings is 1. The van der Waals surface area contributed by atoms with E-state index in [1.165, 1.54) is 42.4 Å². The van der Waals surface area contributed by atoms with Crippen molar-refractivity contribution in [1.29, 1.82) is 0 Å². The Kier molecular flexibility index (Phi) is 9.57. The second-order valence-electron chi connectivity index (χ2n) is 8.08. The lowest BCUT2D eigenvalue weighted by molar-refractivity contribution is -0.127. The molecule has 9 heteroatoms. The van der Waals surface area contributed by atoms with Gasteiger partial charge in [-0.15, -0.1) is 24.0 Å². The summed E-state index contributed by atoms with van der Waals surface area (Å²) in [5.41, 5.74) is 0.0262. The SMILES string of the molecule is CN(C)C(=O)CN=C(NC1CCCCC1)NC1CCN(c2c(F)cccc2F)C1.I. The smallest absolute Gasteiger partial charge is 0.243 e. The summed E-state index contributed by atoms with van der Waals surface area (Å²) in [6.07, 6.45) is 6.53. The van der Waals surface area contributed by atoms with Crippen molar-refractivity contribution in [3.8, 4) is 0 Å². The first kappa shape index (κ1) is 24.6. The number of rotatable bonds is 5. The number of carbonyl (C=O) groups excluding carboxylic acids is 1. The molecule has 2 N–H and O–H groups in total. The van der Waals surface area contributed by atoms with Crippen LogP contribution in [0.1, 0.15) is 38.5 Å². The normalized spacial score (nSPS) is 19.9. The van der Waals surface area contributed by atoms with Crippen molar-refractivity contribution in [2.75, 3.05) is 38.6 Å². The maximum atomic E-state index is 14.1. The molecule has 1 heterocycles. The zero-order chi connectivity index (χ0) is 20.8. The Morgan fingerprint density at radius 3 is 2.37 bits per heavy atom. The van der Waals surface area contributed by atoms with Gasteiger partial charge in [0.2, 0.25) is 5.91 Å². The number of guanidine groups is 1. The number of likely N-dealkylation sites (N-methyl/N-ethyl adjacent to an activating group) is 1. The van der Waals surface area contributed by atoms with Crippen LogP contribution in [-0.4, -0.2) is 62.6 Å². The van der Waals surface area contributed by atoms with E-state index in [1.54, 1.807) is 19.0 Å². The van der Waals surface area contributed by atoms with E-state index >= 15 is 0 Å². The number of nitrogens with zero attached hydrogens (tertiary/aromatic N) is 3. The van der Waals surface area contributed by atoms with Crippen molar-refractivity contribution in [3.63, 3.8) is 0 Å². The van der Waals surface area contributed by atoms with Crippen LogP contribution >= 0.6 is 24.0 Å². The monoisotopic (exact) mass is 535 g/mol. The summed E-state index contributed by atoms with van der Waals surface area (Å²) >= 11 is 0. The summed E-state index contributed by atoms with van der Waals surface area (Å²) in [7, 11) is 3.41. The van der Waals surface area contributed by atoms with Gasteiger partial charge in [-0.05, 0) is 31.4 Å². The Labute approximate surface area is 194 Å². The van der Waals surface area contributed by atoms with E-state index in [-0.39, 0.29) is 48.2 Å². The molecule has 2 fully saturated rings. The molecule has 2 aliphatic rings. The molecule has 0 spiro atoms. The molecular weight excluding hydrogens is 503 g/mol. The van der Waals surface area contributed by atoms with E-state index in [4.69, 9.17) is 0 Å². The molecule has 30 heavy (non-hydrogen) atoms. The first-order valence-electron chi connectivity index (χ1n) is 10.4. The number of aliphatic imine (C=N–C) groups is 1. The molecule has 1 unspecified atom stereocenters. The van der Waals surface area contributed by atoms with Crippen LogP contribution in [0, 0.1) is 11.6 Å². The van der Waals surface area contributed by atoms with Crippen LogP contribution in [0.25, 0.3) is 0 Å². The lowest BCUT2D eigenvalue weighted by Crippen LogP contribution is -2.49. The van der Waals surface area contributed by atoms with Crippen molar-refractivity contribution in [2.24, 2.45) is 4.99 Å². The molecular formula is C21H32F2IN5O. The van der Waals surface area contributed by atoms with Gasteiger partial charge < -0.3 is 20.4 Å². The minimum absolute atomic E-state index is 0. The molecule has 0 aromatic heterocycles. The molecule has 1 saturated heterocycles. The summed E-state index contributed by atoms with van der Waals surface area (Å²) in [6.45, 7) is 1.10. The summed E-state index contributed by atoms with van der Waals surface area (Å²) in [4.78, 5) is 19.7. The Balaban J connectivity index is 0.00000320. The Morgan fingerprint density at radius 2 is 1.73 bits per heavy atom. The summed E-state index contributed by atoms with van der Waals surface area (Å²) in [6, 6.07) is 4.28. The van der Waals surface area contributed by atoms with Gasteiger partial charge in [0.15, 0.2) is 5.96 Å². The van der Waals surface area contributed by atoms with Gasteiger partial charge in [-0.1, -0.05) is 25.3 Å².